The Balaban J connectivity index is 1.52. The zero-order valence-electron chi connectivity index (χ0n) is 15.1. The molecule has 0 spiro atoms. The van der Waals surface area contributed by atoms with Crippen LogP contribution in [0.4, 0.5) is 5.82 Å². The van der Waals surface area contributed by atoms with E-state index in [1.807, 2.05) is 42.5 Å². The average molecular weight is 363 g/mol. The summed E-state index contributed by atoms with van der Waals surface area (Å²) in [4.78, 5) is 24.6. The zero-order chi connectivity index (χ0) is 18.9. The first kappa shape index (κ1) is 18.3. The normalized spacial score (nSPS) is 10.3. The summed E-state index contributed by atoms with van der Waals surface area (Å²) < 4.78 is 5.23. The highest BCUT2D eigenvalue weighted by Crippen LogP contribution is 2.13. The molecule has 3 rings (SSSR count). The van der Waals surface area contributed by atoms with Gasteiger partial charge in [-0.15, -0.1) is 0 Å². The summed E-state index contributed by atoms with van der Waals surface area (Å²) in [7, 11) is 1.65. The molecule has 7 nitrogen and oxygen atoms in total. The Morgan fingerprint density at radius 2 is 2.00 bits per heavy atom. The molecule has 0 fully saturated rings. The summed E-state index contributed by atoms with van der Waals surface area (Å²) in [6.45, 7) is 1.03. The number of hydrogen-bond donors (Lipinski definition) is 2. The molecule has 1 amide bonds. The van der Waals surface area contributed by atoms with Gasteiger partial charge < -0.3 is 15.4 Å². The molecule has 1 aromatic carbocycles. The largest absolute Gasteiger partial charge is 0.497 e. The first-order chi connectivity index (χ1) is 13.2. The second-order valence-electron chi connectivity index (χ2n) is 5.82. The molecule has 0 bridgehead atoms. The number of carbonyl (C=O) groups is 1. The van der Waals surface area contributed by atoms with E-state index in [1.165, 1.54) is 6.33 Å². The Hall–Kier alpha value is -3.48. The summed E-state index contributed by atoms with van der Waals surface area (Å²) in [6.07, 6.45) is 3.88. The quantitative estimate of drug-likeness (QED) is 0.639. The monoisotopic (exact) mass is 363 g/mol. The third kappa shape index (κ3) is 5.50. The van der Waals surface area contributed by atoms with Crippen LogP contribution in [0.15, 0.2) is 61.1 Å². The number of nitrogens with zero attached hydrogens (tertiary/aromatic N) is 3. The number of carbonyl (C=O) groups excluding carboxylic acids is 1. The van der Waals surface area contributed by atoms with Gasteiger partial charge in [-0.1, -0.05) is 18.2 Å². The summed E-state index contributed by atoms with van der Waals surface area (Å²) in [5, 5.41) is 6.02. The first-order valence-electron chi connectivity index (χ1n) is 8.61. The number of ether oxygens (including phenoxy) is 1. The Morgan fingerprint density at radius 1 is 1.07 bits per heavy atom. The van der Waals surface area contributed by atoms with E-state index in [0.717, 1.165) is 23.4 Å². The lowest BCUT2D eigenvalue weighted by Crippen LogP contribution is -2.24. The number of nitrogens with one attached hydrogen (secondary N) is 2. The van der Waals surface area contributed by atoms with Crippen LogP contribution in [-0.4, -0.2) is 34.5 Å². The van der Waals surface area contributed by atoms with E-state index in [4.69, 9.17) is 4.74 Å². The van der Waals surface area contributed by atoms with Crippen LogP contribution in [0.5, 0.6) is 5.75 Å². The van der Waals surface area contributed by atoms with Gasteiger partial charge in [0, 0.05) is 18.8 Å². The van der Waals surface area contributed by atoms with Crippen molar-refractivity contribution in [3.05, 3.63) is 78.0 Å². The van der Waals surface area contributed by atoms with Crippen molar-refractivity contribution in [2.24, 2.45) is 0 Å². The second kappa shape index (κ2) is 9.28. The van der Waals surface area contributed by atoms with Gasteiger partial charge in [-0.3, -0.25) is 9.78 Å². The van der Waals surface area contributed by atoms with E-state index >= 15 is 0 Å². The van der Waals surface area contributed by atoms with Crippen molar-refractivity contribution in [2.75, 3.05) is 19.0 Å². The van der Waals surface area contributed by atoms with Crippen LogP contribution < -0.4 is 15.4 Å². The van der Waals surface area contributed by atoms with Crippen molar-refractivity contribution in [2.45, 2.75) is 13.0 Å². The summed E-state index contributed by atoms with van der Waals surface area (Å²) in [6, 6.07) is 15.1. The number of aromatic nitrogens is 3. The van der Waals surface area contributed by atoms with Crippen LogP contribution in [0, 0.1) is 0 Å². The maximum atomic E-state index is 12.3. The van der Waals surface area contributed by atoms with Crippen LogP contribution in [0.3, 0.4) is 0 Å². The minimum absolute atomic E-state index is 0.265. The Bertz CT molecular complexity index is 886. The number of benzene rings is 1. The van der Waals surface area contributed by atoms with Gasteiger partial charge in [0.2, 0.25) is 0 Å². The van der Waals surface area contributed by atoms with Crippen molar-refractivity contribution in [1.29, 1.82) is 0 Å². The fourth-order valence-electron chi connectivity index (χ4n) is 2.51. The summed E-state index contributed by atoms with van der Waals surface area (Å²) in [5.74, 6) is 1.18. The molecule has 2 N–H and O–H groups in total. The molecule has 2 heterocycles. The zero-order valence-corrected chi connectivity index (χ0v) is 15.1. The smallest absolute Gasteiger partial charge is 0.270 e. The highest BCUT2D eigenvalue weighted by Gasteiger charge is 2.09. The minimum Gasteiger partial charge on any atom is -0.497 e. The van der Waals surface area contributed by atoms with E-state index in [0.29, 0.717) is 24.6 Å². The number of anilines is 1. The summed E-state index contributed by atoms with van der Waals surface area (Å²) in [5.41, 5.74) is 2.26. The van der Waals surface area contributed by atoms with E-state index in [1.54, 1.807) is 19.4 Å². The highest BCUT2D eigenvalue weighted by molar-refractivity contribution is 5.92. The van der Waals surface area contributed by atoms with Crippen LogP contribution in [-0.2, 0) is 13.0 Å². The SMILES string of the molecule is COc1cccc(CCNc2cc(C(=O)NCc3ccccn3)ncn2)c1. The highest BCUT2D eigenvalue weighted by atomic mass is 16.5. The van der Waals surface area contributed by atoms with Gasteiger partial charge in [0.05, 0.1) is 19.3 Å². The molecule has 0 radical (unpaired) electrons. The second-order valence-corrected chi connectivity index (χ2v) is 5.82. The van der Waals surface area contributed by atoms with Crippen LogP contribution in [0.1, 0.15) is 21.7 Å². The lowest BCUT2D eigenvalue weighted by Gasteiger charge is -2.08. The molecule has 2 aromatic heterocycles. The van der Waals surface area contributed by atoms with Gasteiger partial charge >= 0.3 is 0 Å². The van der Waals surface area contributed by atoms with Gasteiger partial charge in [-0.25, -0.2) is 9.97 Å². The van der Waals surface area contributed by atoms with Crippen molar-refractivity contribution in [3.63, 3.8) is 0 Å². The molecular formula is C20H21N5O2. The van der Waals surface area contributed by atoms with Gasteiger partial charge in [-0.2, -0.15) is 0 Å². The van der Waals surface area contributed by atoms with Crippen LogP contribution in [0.25, 0.3) is 0 Å². The lowest BCUT2D eigenvalue weighted by atomic mass is 10.1. The van der Waals surface area contributed by atoms with Crippen molar-refractivity contribution < 1.29 is 9.53 Å². The average Bonchev–Trinajstić information content (AvgIpc) is 2.73. The topological polar surface area (TPSA) is 89.0 Å². The number of methoxy groups -OCH3 is 1. The van der Waals surface area contributed by atoms with Gasteiger partial charge in [0.1, 0.15) is 23.6 Å². The number of hydrogen-bond acceptors (Lipinski definition) is 6. The number of rotatable bonds is 8. The minimum atomic E-state index is -0.265. The molecule has 138 valence electrons. The Kier molecular flexibility index (Phi) is 6.30. The molecule has 0 saturated carbocycles. The molecule has 0 aliphatic heterocycles. The molecule has 27 heavy (non-hydrogen) atoms. The van der Waals surface area contributed by atoms with Crippen molar-refractivity contribution in [1.82, 2.24) is 20.3 Å². The lowest BCUT2D eigenvalue weighted by molar-refractivity contribution is 0.0945. The maximum absolute atomic E-state index is 12.3. The molecule has 0 unspecified atom stereocenters. The molecule has 0 saturated heterocycles. The molecule has 7 heteroatoms. The molecule has 0 aliphatic rings. The van der Waals surface area contributed by atoms with Crippen LogP contribution >= 0.6 is 0 Å². The van der Waals surface area contributed by atoms with E-state index in [2.05, 4.69) is 25.6 Å². The van der Waals surface area contributed by atoms with E-state index < -0.39 is 0 Å². The maximum Gasteiger partial charge on any atom is 0.270 e. The predicted octanol–water partition coefficient (Wildman–Crippen LogP) is 2.46. The molecular weight excluding hydrogens is 342 g/mol. The fraction of sp³-hybridized carbons (Fsp3) is 0.200. The van der Waals surface area contributed by atoms with Gasteiger partial charge in [0.25, 0.3) is 5.91 Å². The van der Waals surface area contributed by atoms with Crippen molar-refractivity contribution >= 4 is 11.7 Å². The predicted molar refractivity (Wildman–Crippen MR) is 103 cm³/mol. The molecule has 3 aromatic rings. The van der Waals surface area contributed by atoms with Crippen molar-refractivity contribution in [3.8, 4) is 5.75 Å². The van der Waals surface area contributed by atoms with E-state index in [9.17, 15) is 4.79 Å². The van der Waals surface area contributed by atoms with Gasteiger partial charge in [0.15, 0.2) is 0 Å². The fourth-order valence-corrected chi connectivity index (χ4v) is 2.51. The van der Waals surface area contributed by atoms with Crippen LogP contribution in [0.2, 0.25) is 0 Å². The van der Waals surface area contributed by atoms with Gasteiger partial charge in [-0.05, 0) is 36.2 Å². The number of pyridine rings is 1. The molecule has 0 aliphatic carbocycles. The van der Waals surface area contributed by atoms with E-state index in [-0.39, 0.29) is 5.91 Å². The third-order valence-electron chi connectivity index (χ3n) is 3.91. The first-order valence-corrected chi connectivity index (χ1v) is 8.61. The third-order valence-corrected chi connectivity index (χ3v) is 3.91. The summed E-state index contributed by atoms with van der Waals surface area (Å²) >= 11 is 0. The standard InChI is InChI=1S/C20H21N5O2/c1-27-17-7-4-5-15(11-17)8-10-22-19-12-18(24-14-25-19)20(26)23-13-16-6-2-3-9-21-16/h2-7,9,11-12,14H,8,10,13H2,1H3,(H,23,26)(H,22,24,25). The number of amides is 1. The Morgan fingerprint density at radius 3 is 2.81 bits per heavy atom. The Labute approximate surface area is 157 Å². The molecule has 0 atom stereocenters.